The minimum Gasteiger partial charge on any atom is -0.384 e. The number of carbonyl (C=O) groups excluding carboxylic acids is 1. The molecule has 1 aromatic heterocycles. The zero-order chi connectivity index (χ0) is 28.0. The van der Waals surface area contributed by atoms with E-state index in [9.17, 15) is 19.2 Å². The van der Waals surface area contributed by atoms with E-state index >= 15 is 0 Å². The Hall–Kier alpha value is -4.59. The van der Waals surface area contributed by atoms with Crippen molar-refractivity contribution in [2.45, 2.75) is 22.9 Å². The van der Waals surface area contributed by atoms with Crippen LogP contribution in [0.2, 0.25) is 5.02 Å². The van der Waals surface area contributed by atoms with Crippen LogP contribution in [0.15, 0.2) is 94.1 Å². The van der Waals surface area contributed by atoms with Crippen LogP contribution in [0.1, 0.15) is 22.3 Å². The largest absolute Gasteiger partial charge is 0.384 e. The highest BCUT2D eigenvalue weighted by molar-refractivity contribution is 7.98. The second-order valence-corrected chi connectivity index (χ2v) is 10.7. The monoisotopic (exact) mass is 570 g/mol. The highest BCUT2D eigenvalue weighted by Gasteiger charge is 2.60. The van der Waals surface area contributed by atoms with Gasteiger partial charge in [0.1, 0.15) is 28.9 Å². The third-order valence-corrected chi connectivity index (χ3v) is 8.31. The minimum atomic E-state index is -1.82. The minimum absolute atomic E-state index is 0.0209. The van der Waals surface area contributed by atoms with Gasteiger partial charge in [0.25, 0.3) is 5.56 Å². The molecule has 6 rings (SSSR count). The van der Waals surface area contributed by atoms with Gasteiger partial charge in [-0.05, 0) is 35.4 Å². The van der Waals surface area contributed by atoms with Gasteiger partial charge >= 0.3 is 0 Å². The zero-order valence-electron chi connectivity index (χ0n) is 20.7. The number of aromatic amines is 1. The van der Waals surface area contributed by atoms with Crippen molar-refractivity contribution in [2.75, 3.05) is 10.2 Å². The Morgan fingerprint density at radius 3 is 2.65 bits per heavy atom. The molecule has 0 saturated carbocycles. The molecule has 3 aromatic carbocycles. The van der Waals surface area contributed by atoms with E-state index in [1.54, 1.807) is 48.5 Å². The number of H-pyrrole nitrogens is 1. The lowest BCUT2D eigenvalue weighted by atomic mass is 9.69. The Morgan fingerprint density at radius 1 is 1.10 bits per heavy atom. The van der Waals surface area contributed by atoms with Crippen molar-refractivity contribution in [3.05, 3.63) is 128 Å². The van der Waals surface area contributed by atoms with E-state index in [-0.39, 0.29) is 40.3 Å². The van der Waals surface area contributed by atoms with Crippen LogP contribution in [0, 0.1) is 17.1 Å². The molecule has 0 radical (unpaired) electrons. The van der Waals surface area contributed by atoms with Gasteiger partial charge in [0.2, 0.25) is 5.91 Å². The summed E-state index contributed by atoms with van der Waals surface area (Å²) < 4.78 is 13.6. The molecule has 4 N–H and O–H groups in total. The summed E-state index contributed by atoms with van der Waals surface area (Å²) in [5, 5.41) is 13.9. The number of hydrogen-bond acceptors (Lipinski definition) is 7. The maximum atomic E-state index is 14.5. The number of aromatic nitrogens is 2. The van der Waals surface area contributed by atoms with Gasteiger partial charge in [-0.1, -0.05) is 71.9 Å². The highest BCUT2D eigenvalue weighted by atomic mass is 35.5. The van der Waals surface area contributed by atoms with Gasteiger partial charge in [0, 0.05) is 22.0 Å². The maximum Gasteiger partial charge on any atom is 0.258 e. The molecular weight excluding hydrogens is 551 g/mol. The molecule has 40 heavy (non-hydrogen) atoms. The lowest BCUT2D eigenvalue weighted by molar-refractivity contribution is -0.120. The number of halogens is 2. The number of hydrogen-bond donors (Lipinski definition) is 3. The normalized spacial score (nSPS) is 17.4. The van der Waals surface area contributed by atoms with E-state index in [2.05, 4.69) is 21.4 Å². The molecular formula is C29H20ClFN6O2S. The van der Waals surface area contributed by atoms with Crippen molar-refractivity contribution in [2.24, 2.45) is 5.73 Å². The van der Waals surface area contributed by atoms with Gasteiger partial charge in [-0.2, -0.15) is 5.26 Å². The molecule has 0 bridgehead atoms. The molecule has 0 unspecified atom stereocenters. The van der Waals surface area contributed by atoms with Crippen LogP contribution in [0.25, 0.3) is 0 Å². The van der Waals surface area contributed by atoms with Crippen LogP contribution in [0.5, 0.6) is 0 Å². The molecule has 1 spiro atoms. The fraction of sp³-hybridized carbons (Fsp3) is 0.103. The number of rotatable bonds is 5. The molecule has 0 aliphatic carbocycles. The fourth-order valence-corrected chi connectivity index (χ4v) is 6.29. The zero-order valence-corrected chi connectivity index (χ0v) is 22.3. The first-order chi connectivity index (χ1) is 19.3. The first-order valence-corrected chi connectivity index (χ1v) is 13.5. The van der Waals surface area contributed by atoms with E-state index in [0.29, 0.717) is 33.2 Å². The Balaban J connectivity index is 1.50. The molecule has 1 amide bonds. The predicted molar refractivity (Wildman–Crippen MR) is 151 cm³/mol. The Kier molecular flexibility index (Phi) is 6.33. The number of nitrogens with two attached hydrogens (primary N) is 1. The fourth-order valence-electron chi connectivity index (χ4n) is 5.29. The van der Waals surface area contributed by atoms with Crippen molar-refractivity contribution < 1.29 is 9.18 Å². The van der Waals surface area contributed by atoms with Gasteiger partial charge in [-0.25, -0.2) is 9.37 Å². The molecule has 3 heterocycles. The lowest BCUT2D eigenvalue weighted by Gasteiger charge is -2.34. The first kappa shape index (κ1) is 25.7. The molecule has 2 aliphatic heterocycles. The SMILES string of the molecule is N#CC1=C(N)Nc2nc(SCc3cccc(F)c3)[nH]c(=O)c2[C@]12C(=O)N(Cc1ccccc1Cl)c1ccccc12. The van der Waals surface area contributed by atoms with Crippen LogP contribution < -0.4 is 21.5 Å². The lowest BCUT2D eigenvalue weighted by Crippen LogP contribution is -2.49. The summed E-state index contributed by atoms with van der Waals surface area (Å²) in [7, 11) is 0. The summed E-state index contributed by atoms with van der Waals surface area (Å²) in [4.78, 5) is 37.1. The molecule has 198 valence electrons. The van der Waals surface area contributed by atoms with E-state index < -0.39 is 16.9 Å². The third-order valence-electron chi connectivity index (χ3n) is 7.00. The molecule has 11 heteroatoms. The van der Waals surface area contributed by atoms with Crippen LogP contribution in [0.3, 0.4) is 0 Å². The average molecular weight is 571 g/mol. The van der Waals surface area contributed by atoms with Crippen molar-refractivity contribution in [3.8, 4) is 6.07 Å². The number of thioether (sulfide) groups is 1. The van der Waals surface area contributed by atoms with E-state index in [0.717, 1.165) is 0 Å². The summed E-state index contributed by atoms with van der Waals surface area (Å²) in [5.74, 6) is -0.535. The smallest absolute Gasteiger partial charge is 0.258 e. The van der Waals surface area contributed by atoms with Crippen molar-refractivity contribution >= 4 is 40.8 Å². The number of amides is 1. The number of nitrogens with one attached hydrogen (secondary N) is 2. The third kappa shape index (κ3) is 3.94. The van der Waals surface area contributed by atoms with Gasteiger partial charge < -0.3 is 20.9 Å². The van der Waals surface area contributed by atoms with Crippen LogP contribution in [-0.2, 0) is 22.5 Å². The summed E-state index contributed by atoms with van der Waals surface area (Å²) in [6, 6.07) is 22.4. The Labute approximate surface area is 237 Å². The number of benzene rings is 3. The standard InChI is InChI=1S/C29H20ClFN6O2S/c30-21-10-3-1-7-17(21)14-37-22-11-4-2-9-19(22)29(27(37)39)20(13-32)24(33)34-25-23(29)26(38)36-28(35-25)40-15-16-6-5-8-18(31)12-16/h1-12H,14-15,33H2,(H2,34,35,36,38)/t29-/m1/s1. The van der Waals surface area contributed by atoms with Crippen LogP contribution in [-0.4, -0.2) is 15.9 Å². The van der Waals surface area contributed by atoms with Gasteiger partial charge in [-0.15, -0.1) is 0 Å². The number of anilines is 2. The van der Waals surface area contributed by atoms with E-state index in [1.165, 1.54) is 28.8 Å². The number of para-hydroxylation sites is 1. The first-order valence-electron chi connectivity index (χ1n) is 12.2. The molecule has 0 saturated heterocycles. The second kappa shape index (κ2) is 9.86. The summed E-state index contributed by atoms with van der Waals surface area (Å²) >= 11 is 7.62. The summed E-state index contributed by atoms with van der Waals surface area (Å²) in [6.07, 6.45) is 0. The van der Waals surface area contributed by atoms with E-state index in [4.69, 9.17) is 17.3 Å². The second-order valence-electron chi connectivity index (χ2n) is 9.29. The topological polar surface area (TPSA) is 128 Å². The van der Waals surface area contributed by atoms with Gasteiger partial charge in [-0.3, -0.25) is 9.59 Å². The Morgan fingerprint density at radius 2 is 1.88 bits per heavy atom. The van der Waals surface area contributed by atoms with Crippen molar-refractivity contribution in [1.29, 1.82) is 5.26 Å². The molecule has 4 aromatic rings. The molecule has 8 nitrogen and oxygen atoms in total. The number of nitrogens with zero attached hydrogens (tertiary/aromatic N) is 3. The summed E-state index contributed by atoms with van der Waals surface area (Å²) in [5.41, 5.74) is 6.19. The number of carbonyl (C=O) groups is 1. The van der Waals surface area contributed by atoms with E-state index in [1.807, 2.05) is 12.1 Å². The van der Waals surface area contributed by atoms with Crippen LogP contribution >= 0.6 is 23.4 Å². The number of fused-ring (bicyclic) bond motifs is 4. The predicted octanol–water partition coefficient (Wildman–Crippen LogP) is 4.81. The van der Waals surface area contributed by atoms with Crippen molar-refractivity contribution in [1.82, 2.24) is 9.97 Å². The Bertz CT molecular complexity index is 1830. The highest BCUT2D eigenvalue weighted by Crippen LogP contribution is 2.53. The number of nitriles is 1. The van der Waals surface area contributed by atoms with Gasteiger partial charge in [0.15, 0.2) is 5.16 Å². The molecule has 2 aliphatic rings. The van der Waals surface area contributed by atoms with Gasteiger partial charge in [0.05, 0.1) is 17.7 Å². The van der Waals surface area contributed by atoms with Crippen LogP contribution in [0.4, 0.5) is 15.9 Å². The quantitative estimate of drug-likeness (QED) is 0.232. The maximum absolute atomic E-state index is 14.5. The average Bonchev–Trinajstić information content (AvgIpc) is 3.16. The molecule has 0 fully saturated rings. The summed E-state index contributed by atoms with van der Waals surface area (Å²) in [6.45, 7) is 0.117. The molecule has 1 atom stereocenters. The van der Waals surface area contributed by atoms with Crippen molar-refractivity contribution in [3.63, 3.8) is 0 Å².